The highest BCUT2D eigenvalue weighted by molar-refractivity contribution is 5.96. The van der Waals surface area contributed by atoms with Crippen LogP contribution in [0.4, 0.5) is 9.18 Å². The third-order valence-corrected chi connectivity index (χ3v) is 2.25. The molecule has 0 spiro atoms. The van der Waals surface area contributed by atoms with E-state index < -0.39 is 29.6 Å². The van der Waals surface area contributed by atoms with Gasteiger partial charge >= 0.3 is 6.03 Å². The number of rotatable bonds is 4. The molecule has 7 heteroatoms. The van der Waals surface area contributed by atoms with E-state index in [9.17, 15) is 18.8 Å². The van der Waals surface area contributed by atoms with Crippen LogP contribution in [-0.4, -0.2) is 23.8 Å². The average molecular weight is 268 g/mol. The number of primary amides is 1. The Bertz CT molecular complexity index is 530. The zero-order valence-corrected chi connectivity index (χ0v) is 10.4. The molecule has 1 aromatic carbocycles. The van der Waals surface area contributed by atoms with E-state index in [-0.39, 0.29) is 11.3 Å². The predicted octanol–water partition coefficient (Wildman–Crippen LogP) is 0.991. The summed E-state index contributed by atoms with van der Waals surface area (Å²) >= 11 is 0. The molecule has 6 nitrogen and oxygen atoms in total. The van der Waals surface area contributed by atoms with Gasteiger partial charge in [-0.1, -0.05) is 0 Å². The van der Waals surface area contributed by atoms with Crippen LogP contribution in [0.15, 0.2) is 18.2 Å². The van der Waals surface area contributed by atoms with E-state index in [2.05, 4.69) is 0 Å². The van der Waals surface area contributed by atoms with Gasteiger partial charge in [-0.15, -0.1) is 0 Å². The van der Waals surface area contributed by atoms with Crippen molar-refractivity contribution in [3.63, 3.8) is 0 Å². The van der Waals surface area contributed by atoms with Crippen molar-refractivity contribution in [1.29, 1.82) is 0 Å². The van der Waals surface area contributed by atoms with Crippen LogP contribution in [0.25, 0.3) is 0 Å². The maximum atomic E-state index is 13.5. The zero-order valence-electron chi connectivity index (χ0n) is 10.4. The lowest BCUT2D eigenvalue weighted by molar-refractivity contribution is -0.126. The van der Waals surface area contributed by atoms with Gasteiger partial charge < -0.3 is 10.5 Å². The molecule has 3 N–H and O–H groups in total. The van der Waals surface area contributed by atoms with E-state index in [4.69, 9.17) is 10.5 Å². The fourth-order valence-corrected chi connectivity index (χ4v) is 1.34. The summed E-state index contributed by atoms with van der Waals surface area (Å²) in [6, 6.07) is 2.60. The molecule has 19 heavy (non-hydrogen) atoms. The number of ketones is 1. The van der Waals surface area contributed by atoms with Crippen LogP contribution in [0.5, 0.6) is 5.75 Å². The molecule has 3 amide bonds. The highest BCUT2D eigenvalue weighted by Crippen LogP contribution is 2.18. The summed E-state index contributed by atoms with van der Waals surface area (Å²) in [4.78, 5) is 32.8. The van der Waals surface area contributed by atoms with Gasteiger partial charge in [-0.25, -0.2) is 9.18 Å². The van der Waals surface area contributed by atoms with Gasteiger partial charge in [-0.05, 0) is 26.0 Å². The number of carbonyl (C=O) groups excluding carboxylic acids is 3. The van der Waals surface area contributed by atoms with Crippen molar-refractivity contribution < 1.29 is 23.5 Å². The minimum absolute atomic E-state index is 0.0645. The first-order valence-corrected chi connectivity index (χ1v) is 5.38. The number of halogens is 1. The van der Waals surface area contributed by atoms with Crippen LogP contribution < -0.4 is 15.8 Å². The molecule has 0 fully saturated rings. The Morgan fingerprint density at radius 1 is 1.37 bits per heavy atom. The lowest BCUT2D eigenvalue weighted by Crippen LogP contribution is -2.42. The van der Waals surface area contributed by atoms with Gasteiger partial charge in [0, 0.05) is 6.07 Å². The summed E-state index contributed by atoms with van der Waals surface area (Å²) in [5.41, 5.74) is 4.71. The van der Waals surface area contributed by atoms with E-state index >= 15 is 0 Å². The molecule has 1 rings (SSSR count). The number of Topliss-reactive ketones (excluding diaryl/α,β-unsaturated/α-hetero) is 1. The van der Waals surface area contributed by atoms with Crippen LogP contribution in [0, 0.1) is 5.82 Å². The van der Waals surface area contributed by atoms with E-state index in [1.54, 1.807) is 0 Å². The maximum absolute atomic E-state index is 13.5. The van der Waals surface area contributed by atoms with Gasteiger partial charge in [0.1, 0.15) is 11.6 Å². The second-order valence-corrected chi connectivity index (χ2v) is 3.81. The number of hydrogen-bond acceptors (Lipinski definition) is 4. The Morgan fingerprint density at radius 2 is 2.00 bits per heavy atom. The van der Waals surface area contributed by atoms with Crippen LogP contribution >= 0.6 is 0 Å². The van der Waals surface area contributed by atoms with Crippen molar-refractivity contribution in [1.82, 2.24) is 5.32 Å². The molecule has 1 aromatic rings. The molecule has 1 atom stereocenters. The number of urea groups is 1. The third kappa shape index (κ3) is 4.06. The molecule has 0 aromatic heterocycles. The molecule has 0 radical (unpaired) electrons. The molecule has 1 unspecified atom stereocenters. The molecular weight excluding hydrogens is 255 g/mol. The molecule has 0 saturated carbocycles. The predicted molar refractivity (Wildman–Crippen MR) is 64.2 cm³/mol. The number of benzene rings is 1. The summed E-state index contributed by atoms with van der Waals surface area (Å²) in [6.07, 6.45) is -1.03. The zero-order chi connectivity index (χ0) is 14.6. The van der Waals surface area contributed by atoms with Crippen LogP contribution in [0.3, 0.4) is 0 Å². The first-order chi connectivity index (χ1) is 8.81. The lowest BCUT2D eigenvalue weighted by atomic mass is 10.1. The number of hydrogen-bond donors (Lipinski definition) is 2. The summed E-state index contributed by atoms with van der Waals surface area (Å²) in [7, 11) is 0. The SMILES string of the molecule is CC(=O)c1ccc(OC(C)C(=O)NC(N)=O)cc1F. The van der Waals surface area contributed by atoms with Crippen molar-refractivity contribution in [3.8, 4) is 5.75 Å². The number of amides is 3. The van der Waals surface area contributed by atoms with Crippen LogP contribution in [0.1, 0.15) is 24.2 Å². The summed E-state index contributed by atoms with van der Waals surface area (Å²) < 4.78 is 18.6. The van der Waals surface area contributed by atoms with Crippen molar-refractivity contribution in [2.24, 2.45) is 5.73 Å². The van der Waals surface area contributed by atoms with Gasteiger partial charge in [-0.3, -0.25) is 14.9 Å². The molecule has 0 aliphatic carbocycles. The molecular formula is C12H13FN2O4. The third-order valence-electron chi connectivity index (χ3n) is 2.25. The molecule has 0 aliphatic heterocycles. The van der Waals surface area contributed by atoms with E-state index in [1.165, 1.54) is 26.0 Å². The molecule has 0 bridgehead atoms. The Hall–Kier alpha value is -2.44. The van der Waals surface area contributed by atoms with Crippen LogP contribution in [-0.2, 0) is 4.79 Å². The topological polar surface area (TPSA) is 98.5 Å². The van der Waals surface area contributed by atoms with Gasteiger partial charge in [0.15, 0.2) is 11.9 Å². The van der Waals surface area contributed by atoms with Crippen molar-refractivity contribution in [2.45, 2.75) is 20.0 Å². The Balaban J connectivity index is 2.78. The van der Waals surface area contributed by atoms with Gasteiger partial charge in [0.05, 0.1) is 5.56 Å². The monoisotopic (exact) mass is 268 g/mol. The lowest BCUT2D eigenvalue weighted by Gasteiger charge is -2.13. The first kappa shape index (κ1) is 14.6. The van der Waals surface area contributed by atoms with Crippen molar-refractivity contribution in [2.75, 3.05) is 0 Å². The number of imide groups is 1. The van der Waals surface area contributed by atoms with Crippen LogP contribution in [0.2, 0.25) is 0 Å². The minimum atomic E-state index is -1.03. The number of carbonyl (C=O) groups is 3. The fraction of sp³-hybridized carbons (Fsp3) is 0.250. The smallest absolute Gasteiger partial charge is 0.318 e. The highest BCUT2D eigenvalue weighted by atomic mass is 19.1. The largest absolute Gasteiger partial charge is 0.481 e. The Kier molecular flexibility index (Phi) is 4.57. The van der Waals surface area contributed by atoms with E-state index in [0.29, 0.717) is 0 Å². The molecule has 0 saturated heterocycles. The van der Waals surface area contributed by atoms with Gasteiger partial charge in [0.25, 0.3) is 5.91 Å². The standard InChI is InChI=1S/C12H13FN2O4/c1-6(16)9-4-3-8(5-10(9)13)19-7(2)11(17)15-12(14)18/h3-5,7H,1-2H3,(H3,14,15,17,18). The number of ether oxygens (including phenoxy) is 1. The van der Waals surface area contributed by atoms with E-state index in [1.807, 2.05) is 5.32 Å². The molecule has 102 valence electrons. The first-order valence-electron chi connectivity index (χ1n) is 5.38. The fourth-order valence-electron chi connectivity index (χ4n) is 1.34. The second kappa shape index (κ2) is 5.94. The van der Waals surface area contributed by atoms with E-state index in [0.717, 1.165) is 6.07 Å². The van der Waals surface area contributed by atoms with Crippen molar-refractivity contribution in [3.05, 3.63) is 29.6 Å². The summed E-state index contributed by atoms with van der Waals surface area (Å²) in [5.74, 6) is -1.84. The number of nitrogens with two attached hydrogens (primary N) is 1. The molecule has 0 heterocycles. The minimum Gasteiger partial charge on any atom is -0.481 e. The Morgan fingerprint density at radius 3 is 2.47 bits per heavy atom. The average Bonchev–Trinajstić information content (AvgIpc) is 2.27. The highest BCUT2D eigenvalue weighted by Gasteiger charge is 2.17. The Labute approximate surface area is 108 Å². The maximum Gasteiger partial charge on any atom is 0.318 e. The van der Waals surface area contributed by atoms with Gasteiger partial charge in [0.2, 0.25) is 0 Å². The summed E-state index contributed by atoms with van der Waals surface area (Å²) in [5, 5.41) is 1.83. The van der Waals surface area contributed by atoms with Crippen molar-refractivity contribution >= 4 is 17.7 Å². The second-order valence-electron chi connectivity index (χ2n) is 3.81. The number of nitrogens with one attached hydrogen (secondary N) is 1. The quantitative estimate of drug-likeness (QED) is 0.795. The summed E-state index contributed by atoms with van der Waals surface area (Å²) in [6.45, 7) is 2.61. The molecule has 0 aliphatic rings. The normalized spacial score (nSPS) is 11.5. The van der Waals surface area contributed by atoms with Gasteiger partial charge in [-0.2, -0.15) is 0 Å².